The number of thioether (sulfide) groups is 1. The summed E-state index contributed by atoms with van der Waals surface area (Å²) in [7, 11) is 0. The molecule has 1 saturated carbocycles. The molecule has 2 heterocycles. The van der Waals surface area contributed by atoms with Gasteiger partial charge in [0.1, 0.15) is 5.03 Å². The molecule has 1 aromatic heterocycles. The molecule has 1 aromatic rings. The molecule has 7 heteroatoms. The quantitative estimate of drug-likeness (QED) is 0.839. The summed E-state index contributed by atoms with van der Waals surface area (Å²) >= 11 is 1.39. The molecule has 2 fully saturated rings. The summed E-state index contributed by atoms with van der Waals surface area (Å²) in [5, 5.41) is 11.5. The fraction of sp³-hybridized carbons (Fsp3) is 0.600. The van der Waals surface area contributed by atoms with Crippen LogP contribution in [0.4, 0.5) is 5.82 Å². The Morgan fingerprint density at radius 2 is 1.95 bits per heavy atom. The molecule has 0 unspecified atom stereocenters. The standard InChI is InChI=1S/C15H20N4O2S/c20-14(19-8-2-1-3-9-19)10-22-13-7-6-12(17-18-13)16-15(21)11-4-5-11/h6-7,11H,1-5,8-10H2,(H,16,17,21). The summed E-state index contributed by atoms with van der Waals surface area (Å²) in [6.07, 6.45) is 5.35. The Balaban J connectivity index is 1.46. The van der Waals surface area contributed by atoms with Gasteiger partial charge in [-0.3, -0.25) is 9.59 Å². The molecule has 3 rings (SSSR count). The highest BCUT2D eigenvalue weighted by Gasteiger charge is 2.29. The number of carbonyl (C=O) groups is 2. The van der Waals surface area contributed by atoms with Gasteiger partial charge in [-0.15, -0.1) is 10.2 Å². The van der Waals surface area contributed by atoms with Crippen molar-refractivity contribution in [2.45, 2.75) is 37.1 Å². The van der Waals surface area contributed by atoms with Gasteiger partial charge in [0, 0.05) is 19.0 Å². The predicted molar refractivity (Wildman–Crippen MR) is 84.5 cm³/mol. The molecule has 2 amide bonds. The molecule has 1 aliphatic heterocycles. The van der Waals surface area contributed by atoms with Crippen molar-refractivity contribution in [2.24, 2.45) is 5.92 Å². The third kappa shape index (κ3) is 4.19. The number of piperidine rings is 1. The van der Waals surface area contributed by atoms with Crippen LogP contribution in [0, 0.1) is 5.92 Å². The average molecular weight is 320 g/mol. The average Bonchev–Trinajstić information content (AvgIpc) is 3.40. The smallest absolute Gasteiger partial charge is 0.232 e. The van der Waals surface area contributed by atoms with Crippen LogP contribution < -0.4 is 5.32 Å². The van der Waals surface area contributed by atoms with Crippen molar-refractivity contribution in [3.63, 3.8) is 0 Å². The lowest BCUT2D eigenvalue weighted by molar-refractivity contribution is -0.129. The second-order valence-corrected chi connectivity index (χ2v) is 6.75. The number of aromatic nitrogens is 2. The zero-order valence-corrected chi connectivity index (χ0v) is 13.3. The first-order valence-corrected chi connectivity index (χ1v) is 8.76. The van der Waals surface area contributed by atoms with Crippen molar-refractivity contribution in [2.75, 3.05) is 24.2 Å². The minimum atomic E-state index is 0.0231. The minimum Gasteiger partial charge on any atom is -0.342 e. The van der Waals surface area contributed by atoms with Gasteiger partial charge in [-0.2, -0.15) is 0 Å². The van der Waals surface area contributed by atoms with Gasteiger partial charge in [0.25, 0.3) is 0 Å². The van der Waals surface area contributed by atoms with E-state index in [0.717, 1.165) is 38.8 Å². The van der Waals surface area contributed by atoms with Gasteiger partial charge in [-0.1, -0.05) is 11.8 Å². The second-order valence-electron chi connectivity index (χ2n) is 5.75. The lowest BCUT2D eigenvalue weighted by atomic mass is 10.1. The summed E-state index contributed by atoms with van der Waals surface area (Å²) in [5.41, 5.74) is 0. The number of amides is 2. The molecular formula is C15H20N4O2S. The number of rotatable bonds is 5. The lowest BCUT2D eigenvalue weighted by Gasteiger charge is -2.26. The van der Waals surface area contributed by atoms with E-state index in [4.69, 9.17) is 0 Å². The fourth-order valence-corrected chi connectivity index (χ4v) is 3.12. The van der Waals surface area contributed by atoms with E-state index in [0.29, 0.717) is 16.6 Å². The van der Waals surface area contributed by atoms with Gasteiger partial charge in [0.05, 0.1) is 5.75 Å². The van der Waals surface area contributed by atoms with Crippen LogP contribution in [0.2, 0.25) is 0 Å². The van der Waals surface area contributed by atoms with Crippen molar-refractivity contribution >= 4 is 29.4 Å². The third-order valence-electron chi connectivity index (χ3n) is 3.89. The molecular weight excluding hydrogens is 300 g/mol. The van der Waals surface area contributed by atoms with E-state index in [-0.39, 0.29) is 17.7 Å². The molecule has 1 N–H and O–H groups in total. The largest absolute Gasteiger partial charge is 0.342 e. The zero-order chi connectivity index (χ0) is 15.4. The van der Waals surface area contributed by atoms with Gasteiger partial charge in [-0.05, 0) is 44.2 Å². The van der Waals surface area contributed by atoms with Gasteiger partial charge in [0.2, 0.25) is 11.8 Å². The summed E-state index contributed by atoms with van der Waals surface area (Å²) in [6.45, 7) is 1.74. The Hall–Kier alpha value is -1.63. The maximum absolute atomic E-state index is 12.1. The molecule has 0 bridgehead atoms. The van der Waals surface area contributed by atoms with Crippen LogP contribution in [0.5, 0.6) is 0 Å². The van der Waals surface area contributed by atoms with Gasteiger partial charge in [0.15, 0.2) is 5.82 Å². The first-order valence-electron chi connectivity index (χ1n) is 7.77. The molecule has 6 nitrogen and oxygen atoms in total. The third-order valence-corrected chi connectivity index (χ3v) is 4.80. The molecule has 0 radical (unpaired) electrons. The van der Waals surface area contributed by atoms with Gasteiger partial charge >= 0.3 is 0 Å². The van der Waals surface area contributed by atoms with E-state index >= 15 is 0 Å². The summed E-state index contributed by atoms with van der Waals surface area (Å²) in [5.74, 6) is 1.21. The number of hydrogen-bond donors (Lipinski definition) is 1. The lowest BCUT2D eigenvalue weighted by Crippen LogP contribution is -2.36. The number of nitrogens with zero attached hydrogens (tertiary/aromatic N) is 3. The number of nitrogens with one attached hydrogen (secondary N) is 1. The van der Waals surface area contributed by atoms with Crippen LogP contribution in [0.3, 0.4) is 0 Å². The molecule has 2 aliphatic rings. The first kappa shape index (κ1) is 15.3. The Morgan fingerprint density at radius 3 is 2.59 bits per heavy atom. The molecule has 1 aliphatic carbocycles. The SMILES string of the molecule is O=C(Nc1ccc(SCC(=O)N2CCCCC2)nn1)C1CC1. The highest BCUT2D eigenvalue weighted by molar-refractivity contribution is 7.99. The van der Waals surface area contributed by atoms with Gasteiger partial charge in [-0.25, -0.2) is 0 Å². The van der Waals surface area contributed by atoms with E-state index in [2.05, 4.69) is 15.5 Å². The first-order chi connectivity index (χ1) is 10.7. The molecule has 0 spiro atoms. The molecule has 118 valence electrons. The van der Waals surface area contributed by atoms with Crippen molar-refractivity contribution in [1.29, 1.82) is 0 Å². The number of hydrogen-bond acceptors (Lipinski definition) is 5. The summed E-state index contributed by atoms with van der Waals surface area (Å²) in [4.78, 5) is 25.6. The second kappa shape index (κ2) is 7.09. The van der Waals surface area contributed by atoms with Crippen LogP contribution in [-0.2, 0) is 9.59 Å². The van der Waals surface area contributed by atoms with Crippen molar-refractivity contribution in [3.8, 4) is 0 Å². The van der Waals surface area contributed by atoms with Crippen LogP contribution in [0.25, 0.3) is 0 Å². The molecule has 22 heavy (non-hydrogen) atoms. The minimum absolute atomic E-state index is 0.0231. The number of carbonyl (C=O) groups excluding carboxylic acids is 2. The number of anilines is 1. The van der Waals surface area contributed by atoms with Crippen LogP contribution >= 0.6 is 11.8 Å². The maximum Gasteiger partial charge on any atom is 0.232 e. The van der Waals surface area contributed by atoms with Crippen molar-refractivity contribution in [1.82, 2.24) is 15.1 Å². The Morgan fingerprint density at radius 1 is 1.18 bits per heavy atom. The maximum atomic E-state index is 12.1. The molecule has 0 atom stereocenters. The van der Waals surface area contributed by atoms with E-state index in [1.807, 2.05) is 4.90 Å². The Bertz CT molecular complexity index is 539. The van der Waals surface area contributed by atoms with Crippen molar-refractivity contribution < 1.29 is 9.59 Å². The van der Waals surface area contributed by atoms with Crippen LogP contribution in [0.1, 0.15) is 32.1 Å². The monoisotopic (exact) mass is 320 g/mol. The molecule has 0 aromatic carbocycles. The predicted octanol–water partition coefficient (Wildman–Crippen LogP) is 1.93. The Kier molecular flexibility index (Phi) is 4.92. The van der Waals surface area contributed by atoms with E-state index in [9.17, 15) is 9.59 Å². The molecule has 1 saturated heterocycles. The Labute approximate surface area is 134 Å². The normalized spacial score (nSPS) is 18.1. The summed E-state index contributed by atoms with van der Waals surface area (Å²) in [6, 6.07) is 3.53. The topological polar surface area (TPSA) is 75.2 Å². The fourth-order valence-electron chi connectivity index (χ4n) is 2.41. The zero-order valence-electron chi connectivity index (χ0n) is 12.5. The number of likely N-dealkylation sites (tertiary alicyclic amines) is 1. The van der Waals surface area contributed by atoms with Gasteiger partial charge < -0.3 is 10.2 Å². The highest BCUT2D eigenvalue weighted by atomic mass is 32.2. The van der Waals surface area contributed by atoms with E-state index in [1.165, 1.54) is 18.2 Å². The van der Waals surface area contributed by atoms with E-state index < -0.39 is 0 Å². The van der Waals surface area contributed by atoms with Crippen molar-refractivity contribution in [3.05, 3.63) is 12.1 Å². The van der Waals surface area contributed by atoms with E-state index in [1.54, 1.807) is 12.1 Å². The summed E-state index contributed by atoms with van der Waals surface area (Å²) < 4.78 is 0. The highest BCUT2D eigenvalue weighted by Crippen LogP contribution is 2.30. The van der Waals surface area contributed by atoms with Crippen LogP contribution in [-0.4, -0.2) is 45.8 Å². The van der Waals surface area contributed by atoms with Crippen LogP contribution in [0.15, 0.2) is 17.2 Å².